The minimum Gasteiger partial charge on any atom is -0.295 e. The van der Waals surface area contributed by atoms with Crippen LogP contribution in [0.25, 0.3) is 6.08 Å². The lowest BCUT2D eigenvalue weighted by Gasteiger charge is -2.54. The smallest absolute Gasteiger partial charge is 0.159 e. The average Bonchev–Trinajstić information content (AvgIpc) is 2.36. The molecule has 92 valence electrons. The first-order valence-corrected chi connectivity index (χ1v) is 6.42. The lowest BCUT2D eigenvalue weighted by Crippen LogP contribution is -2.52. The van der Waals surface area contributed by atoms with E-state index in [-0.39, 0.29) is 11.3 Å². The maximum atomic E-state index is 11.9. The van der Waals surface area contributed by atoms with E-state index in [1.165, 1.54) is 5.57 Å². The lowest BCUT2D eigenvalue weighted by molar-refractivity contribution is -0.133. The standard InChI is InChI=1S/C16H17NO/c1-16(2)13-10-14(16)15(18)9-12(13)4-3-11-5-7-17-8-6-11/h3-9,13-14H,10H2,1-2H3/b4-3+/t13-,14+/m0/s1. The van der Waals surface area contributed by atoms with Crippen LogP contribution in [0.1, 0.15) is 25.8 Å². The third-order valence-electron chi connectivity index (χ3n) is 4.50. The number of carbonyl (C=O) groups excluding carboxylic acids is 1. The number of allylic oxidation sites excluding steroid dienone is 3. The van der Waals surface area contributed by atoms with Crippen LogP contribution in [-0.2, 0) is 4.79 Å². The van der Waals surface area contributed by atoms with Crippen LogP contribution < -0.4 is 0 Å². The van der Waals surface area contributed by atoms with E-state index in [0.717, 1.165) is 12.0 Å². The summed E-state index contributed by atoms with van der Waals surface area (Å²) in [7, 11) is 0. The second-order valence-electron chi connectivity index (χ2n) is 5.82. The highest BCUT2D eigenvalue weighted by atomic mass is 16.1. The van der Waals surface area contributed by atoms with Gasteiger partial charge < -0.3 is 0 Å². The summed E-state index contributed by atoms with van der Waals surface area (Å²) in [5.41, 5.74) is 2.45. The van der Waals surface area contributed by atoms with Gasteiger partial charge in [0.25, 0.3) is 0 Å². The molecule has 0 spiro atoms. The molecule has 1 fully saturated rings. The number of hydrogen-bond acceptors (Lipinski definition) is 2. The van der Waals surface area contributed by atoms with Crippen molar-refractivity contribution in [3.63, 3.8) is 0 Å². The summed E-state index contributed by atoms with van der Waals surface area (Å²) in [4.78, 5) is 15.9. The van der Waals surface area contributed by atoms with Gasteiger partial charge in [0.05, 0.1) is 0 Å². The van der Waals surface area contributed by atoms with Crippen LogP contribution in [0.3, 0.4) is 0 Å². The summed E-state index contributed by atoms with van der Waals surface area (Å²) in [6.07, 6.45) is 10.6. The van der Waals surface area contributed by atoms with Gasteiger partial charge in [-0.1, -0.05) is 26.0 Å². The van der Waals surface area contributed by atoms with Crippen molar-refractivity contribution in [2.24, 2.45) is 17.3 Å². The van der Waals surface area contributed by atoms with E-state index >= 15 is 0 Å². The van der Waals surface area contributed by atoms with Gasteiger partial charge in [-0.3, -0.25) is 9.78 Å². The molecule has 2 nitrogen and oxygen atoms in total. The zero-order valence-corrected chi connectivity index (χ0v) is 10.8. The fourth-order valence-corrected chi connectivity index (χ4v) is 3.17. The Morgan fingerprint density at radius 3 is 2.56 bits per heavy atom. The first-order valence-electron chi connectivity index (χ1n) is 6.42. The van der Waals surface area contributed by atoms with Crippen LogP contribution in [-0.4, -0.2) is 10.8 Å². The Morgan fingerprint density at radius 1 is 1.22 bits per heavy atom. The Labute approximate surface area is 107 Å². The molecule has 4 rings (SSSR count). The SMILES string of the molecule is CC1(C)[C@@H]2C[C@H]1C(/C=C/c1ccncc1)=CC2=O. The van der Waals surface area contributed by atoms with Crippen LogP contribution in [0.2, 0.25) is 0 Å². The molecule has 2 atom stereocenters. The van der Waals surface area contributed by atoms with Gasteiger partial charge in [0.1, 0.15) is 0 Å². The minimum absolute atomic E-state index is 0.143. The topological polar surface area (TPSA) is 30.0 Å². The first kappa shape index (κ1) is 11.4. The minimum atomic E-state index is 0.143. The fraction of sp³-hybridized carbons (Fsp3) is 0.375. The molecule has 1 aromatic heterocycles. The quantitative estimate of drug-likeness (QED) is 0.792. The second-order valence-corrected chi connectivity index (χ2v) is 5.82. The zero-order chi connectivity index (χ0) is 12.8. The summed E-state index contributed by atoms with van der Waals surface area (Å²) in [6, 6.07) is 3.94. The van der Waals surface area contributed by atoms with Crippen molar-refractivity contribution in [1.82, 2.24) is 4.98 Å². The van der Waals surface area contributed by atoms with Crippen LogP contribution in [0.15, 0.2) is 42.3 Å². The molecule has 0 saturated heterocycles. The van der Waals surface area contributed by atoms with Gasteiger partial charge in [-0.2, -0.15) is 0 Å². The predicted octanol–water partition coefficient (Wildman–Crippen LogP) is 3.27. The fourth-order valence-electron chi connectivity index (χ4n) is 3.17. The van der Waals surface area contributed by atoms with E-state index in [1.807, 2.05) is 18.2 Å². The molecule has 0 unspecified atom stereocenters. The highest BCUT2D eigenvalue weighted by Gasteiger charge is 2.54. The molecule has 0 aromatic carbocycles. The molecule has 0 aliphatic heterocycles. The molecule has 1 aromatic rings. The Morgan fingerprint density at radius 2 is 1.94 bits per heavy atom. The number of fused-ring (bicyclic) bond motifs is 1. The molecule has 1 heterocycles. The first-order chi connectivity index (χ1) is 8.59. The monoisotopic (exact) mass is 239 g/mol. The number of nitrogens with zero attached hydrogens (tertiary/aromatic N) is 1. The van der Waals surface area contributed by atoms with Gasteiger partial charge in [-0.25, -0.2) is 0 Å². The van der Waals surface area contributed by atoms with Crippen LogP contribution in [0, 0.1) is 17.3 Å². The van der Waals surface area contributed by atoms with Crippen LogP contribution in [0.4, 0.5) is 0 Å². The maximum absolute atomic E-state index is 11.9. The zero-order valence-electron chi connectivity index (χ0n) is 10.8. The molecule has 0 N–H and O–H groups in total. The Balaban J connectivity index is 1.86. The van der Waals surface area contributed by atoms with E-state index in [9.17, 15) is 4.79 Å². The van der Waals surface area contributed by atoms with Crippen molar-refractivity contribution >= 4 is 11.9 Å². The van der Waals surface area contributed by atoms with E-state index in [1.54, 1.807) is 12.4 Å². The molecule has 3 aliphatic rings. The van der Waals surface area contributed by atoms with E-state index in [2.05, 4.69) is 31.0 Å². The van der Waals surface area contributed by atoms with E-state index in [0.29, 0.717) is 11.7 Å². The van der Waals surface area contributed by atoms with E-state index in [4.69, 9.17) is 0 Å². The number of carbonyl (C=O) groups is 1. The van der Waals surface area contributed by atoms with Gasteiger partial charge in [-0.05, 0) is 47.1 Å². The highest BCUT2D eigenvalue weighted by molar-refractivity contribution is 5.96. The van der Waals surface area contributed by atoms with Crippen molar-refractivity contribution in [3.8, 4) is 0 Å². The molecule has 2 bridgehead atoms. The Bertz CT molecular complexity index is 539. The third-order valence-corrected chi connectivity index (χ3v) is 4.50. The van der Waals surface area contributed by atoms with Gasteiger partial charge in [0, 0.05) is 18.3 Å². The Hall–Kier alpha value is -1.70. The molecule has 2 heteroatoms. The third kappa shape index (κ3) is 1.64. The number of ketones is 1. The van der Waals surface area contributed by atoms with Gasteiger partial charge in [-0.15, -0.1) is 0 Å². The van der Waals surface area contributed by atoms with Crippen molar-refractivity contribution in [2.45, 2.75) is 20.3 Å². The summed E-state index contributed by atoms with van der Waals surface area (Å²) in [5, 5.41) is 0. The normalized spacial score (nSPS) is 29.0. The second kappa shape index (κ2) is 3.91. The highest BCUT2D eigenvalue weighted by Crippen LogP contribution is 2.58. The van der Waals surface area contributed by atoms with Crippen LogP contribution >= 0.6 is 0 Å². The molecule has 0 radical (unpaired) electrons. The number of hydrogen-bond donors (Lipinski definition) is 0. The van der Waals surface area contributed by atoms with Crippen molar-refractivity contribution in [2.75, 3.05) is 0 Å². The number of rotatable bonds is 2. The lowest BCUT2D eigenvalue weighted by atomic mass is 9.48. The summed E-state index contributed by atoms with van der Waals surface area (Å²) < 4.78 is 0. The molecular formula is C16H17NO. The van der Waals surface area contributed by atoms with Crippen molar-refractivity contribution in [1.29, 1.82) is 0 Å². The summed E-state index contributed by atoms with van der Waals surface area (Å²) >= 11 is 0. The molecule has 1 saturated carbocycles. The van der Waals surface area contributed by atoms with Gasteiger partial charge >= 0.3 is 0 Å². The summed E-state index contributed by atoms with van der Waals surface area (Å²) in [5.74, 6) is 1.09. The van der Waals surface area contributed by atoms with E-state index < -0.39 is 0 Å². The number of pyridine rings is 1. The maximum Gasteiger partial charge on any atom is 0.159 e. The molecular weight excluding hydrogens is 222 g/mol. The van der Waals surface area contributed by atoms with Crippen molar-refractivity contribution in [3.05, 3.63) is 47.8 Å². The molecule has 0 amide bonds. The van der Waals surface area contributed by atoms with Crippen molar-refractivity contribution < 1.29 is 4.79 Å². The van der Waals surface area contributed by atoms with Crippen LogP contribution in [0.5, 0.6) is 0 Å². The number of aromatic nitrogens is 1. The largest absolute Gasteiger partial charge is 0.295 e. The molecule has 18 heavy (non-hydrogen) atoms. The summed E-state index contributed by atoms with van der Waals surface area (Å²) in [6.45, 7) is 4.41. The van der Waals surface area contributed by atoms with Gasteiger partial charge in [0.15, 0.2) is 5.78 Å². The predicted molar refractivity (Wildman–Crippen MR) is 71.7 cm³/mol. The average molecular weight is 239 g/mol. The van der Waals surface area contributed by atoms with Gasteiger partial charge in [0.2, 0.25) is 0 Å². The Kier molecular flexibility index (Phi) is 2.47. The molecule has 3 aliphatic carbocycles.